The fourth-order valence-corrected chi connectivity index (χ4v) is 4.64. The second kappa shape index (κ2) is 8.32. The van der Waals surface area contributed by atoms with Crippen molar-refractivity contribution in [1.29, 1.82) is 0 Å². The summed E-state index contributed by atoms with van der Waals surface area (Å²) in [6, 6.07) is 4.61. The van der Waals surface area contributed by atoms with Gasteiger partial charge in [-0.25, -0.2) is 0 Å². The molecule has 3 nitrogen and oxygen atoms in total. The van der Waals surface area contributed by atoms with Gasteiger partial charge < -0.3 is 10.2 Å². The summed E-state index contributed by atoms with van der Waals surface area (Å²) in [7, 11) is 0. The molecule has 124 valence electrons. The third kappa shape index (κ3) is 4.03. The maximum atomic E-state index is 12.7. The van der Waals surface area contributed by atoms with E-state index >= 15 is 0 Å². The standard InChI is InChI=1S/C17H26N2OS.ClH/c1-13(14-5-2-8-18-12-14)11-17(20)19-9-3-6-15(19)16-7-4-10-21-16;/h4,7,10,13-15,18H,2-3,5-6,8-9,11-12H2,1H3;1H. The fraction of sp³-hybridized carbons (Fsp3) is 0.706. The molecule has 0 aliphatic carbocycles. The summed E-state index contributed by atoms with van der Waals surface area (Å²) in [4.78, 5) is 16.2. The molecular weight excluding hydrogens is 316 g/mol. The number of rotatable bonds is 4. The van der Waals surface area contributed by atoms with Crippen molar-refractivity contribution in [2.75, 3.05) is 19.6 Å². The zero-order chi connectivity index (χ0) is 14.7. The average molecular weight is 343 g/mol. The van der Waals surface area contributed by atoms with Crippen molar-refractivity contribution in [3.63, 3.8) is 0 Å². The van der Waals surface area contributed by atoms with Crippen molar-refractivity contribution in [1.82, 2.24) is 10.2 Å². The molecule has 0 radical (unpaired) electrons. The van der Waals surface area contributed by atoms with Crippen molar-refractivity contribution in [2.24, 2.45) is 11.8 Å². The number of carbonyl (C=O) groups is 1. The van der Waals surface area contributed by atoms with E-state index in [2.05, 4.69) is 34.7 Å². The van der Waals surface area contributed by atoms with E-state index in [1.807, 2.05) is 0 Å². The summed E-state index contributed by atoms with van der Waals surface area (Å²) >= 11 is 1.78. The predicted molar refractivity (Wildman–Crippen MR) is 94.6 cm³/mol. The SMILES string of the molecule is CC(CC(=O)N1CCCC1c1cccs1)C1CCCNC1.Cl. The molecule has 0 spiro atoms. The molecule has 22 heavy (non-hydrogen) atoms. The highest BCUT2D eigenvalue weighted by molar-refractivity contribution is 7.10. The second-order valence-corrected chi connectivity index (χ2v) is 7.53. The van der Waals surface area contributed by atoms with Crippen LogP contribution in [0.1, 0.15) is 49.9 Å². The quantitative estimate of drug-likeness (QED) is 0.901. The minimum Gasteiger partial charge on any atom is -0.335 e. The van der Waals surface area contributed by atoms with Crippen LogP contribution in [0.2, 0.25) is 0 Å². The van der Waals surface area contributed by atoms with Crippen LogP contribution in [0.3, 0.4) is 0 Å². The number of piperidine rings is 1. The molecule has 1 N–H and O–H groups in total. The van der Waals surface area contributed by atoms with Gasteiger partial charge in [-0.3, -0.25) is 4.79 Å². The lowest BCUT2D eigenvalue weighted by atomic mass is 9.85. The Labute approximate surface area is 143 Å². The van der Waals surface area contributed by atoms with Crippen LogP contribution in [0.5, 0.6) is 0 Å². The number of likely N-dealkylation sites (tertiary alicyclic amines) is 1. The highest BCUT2D eigenvalue weighted by Gasteiger charge is 2.32. The summed E-state index contributed by atoms with van der Waals surface area (Å²) in [6.07, 6.45) is 5.52. The molecule has 3 heterocycles. The molecule has 3 atom stereocenters. The number of amides is 1. The fourth-order valence-electron chi connectivity index (χ4n) is 3.77. The normalized spacial score (nSPS) is 26.5. The molecule has 2 saturated heterocycles. The van der Waals surface area contributed by atoms with Gasteiger partial charge in [0.05, 0.1) is 6.04 Å². The number of nitrogens with one attached hydrogen (secondary N) is 1. The van der Waals surface area contributed by atoms with Crippen LogP contribution in [0.15, 0.2) is 17.5 Å². The first-order valence-corrected chi connectivity index (χ1v) is 9.17. The largest absolute Gasteiger partial charge is 0.335 e. The Bertz CT molecular complexity index is 459. The molecular formula is C17H27ClN2OS. The Morgan fingerprint density at radius 1 is 1.45 bits per heavy atom. The minimum atomic E-state index is 0. The number of nitrogens with zero attached hydrogens (tertiary/aromatic N) is 1. The zero-order valence-corrected chi connectivity index (χ0v) is 14.9. The van der Waals surface area contributed by atoms with Gasteiger partial charge in [-0.2, -0.15) is 0 Å². The lowest BCUT2D eigenvalue weighted by molar-refractivity contribution is -0.133. The molecule has 2 aliphatic heterocycles. The van der Waals surface area contributed by atoms with Gasteiger partial charge in [0.25, 0.3) is 0 Å². The molecule has 1 aromatic rings. The smallest absolute Gasteiger partial charge is 0.223 e. The summed E-state index contributed by atoms with van der Waals surface area (Å²) in [5.74, 6) is 1.53. The van der Waals surface area contributed by atoms with Gasteiger partial charge in [-0.1, -0.05) is 13.0 Å². The Hall–Kier alpha value is -0.580. The van der Waals surface area contributed by atoms with Crippen molar-refractivity contribution in [3.05, 3.63) is 22.4 Å². The Morgan fingerprint density at radius 2 is 2.32 bits per heavy atom. The molecule has 3 unspecified atom stereocenters. The Balaban J connectivity index is 0.00000176. The van der Waals surface area contributed by atoms with Crippen LogP contribution in [0.4, 0.5) is 0 Å². The molecule has 5 heteroatoms. The van der Waals surface area contributed by atoms with E-state index in [-0.39, 0.29) is 12.4 Å². The van der Waals surface area contributed by atoms with Gasteiger partial charge in [-0.05, 0) is 62.1 Å². The highest BCUT2D eigenvalue weighted by Crippen LogP contribution is 2.35. The molecule has 0 bridgehead atoms. The van der Waals surface area contributed by atoms with Gasteiger partial charge in [0.2, 0.25) is 5.91 Å². The van der Waals surface area contributed by atoms with Crippen LogP contribution in [-0.4, -0.2) is 30.4 Å². The van der Waals surface area contributed by atoms with E-state index in [1.54, 1.807) is 11.3 Å². The number of hydrogen-bond acceptors (Lipinski definition) is 3. The third-order valence-electron chi connectivity index (χ3n) is 5.08. The molecule has 3 rings (SSSR count). The lowest BCUT2D eigenvalue weighted by Crippen LogP contribution is -2.37. The van der Waals surface area contributed by atoms with Crippen LogP contribution < -0.4 is 5.32 Å². The Kier molecular flexibility index (Phi) is 6.72. The van der Waals surface area contributed by atoms with Crippen molar-refractivity contribution in [2.45, 2.75) is 45.1 Å². The Morgan fingerprint density at radius 3 is 3.00 bits per heavy atom. The molecule has 0 aromatic carbocycles. The van der Waals surface area contributed by atoms with Gasteiger partial charge in [0, 0.05) is 17.8 Å². The van der Waals surface area contributed by atoms with Gasteiger partial charge in [0.15, 0.2) is 0 Å². The van der Waals surface area contributed by atoms with Crippen molar-refractivity contribution in [3.8, 4) is 0 Å². The molecule has 1 amide bonds. The van der Waals surface area contributed by atoms with E-state index in [1.165, 1.54) is 17.7 Å². The van der Waals surface area contributed by atoms with Crippen LogP contribution in [0.25, 0.3) is 0 Å². The first-order chi connectivity index (χ1) is 10.3. The van der Waals surface area contributed by atoms with E-state index in [9.17, 15) is 4.79 Å². The van der Waals surface area contributed by atoms with Gasteiger partial charge in [0.1, 0.15) is 0 Å². The van der Waals surface area contributed by atoms with Crippen LogP contribution in [-0.2, 0) is 4.79 Å². The number of carbonyl (C=O) groups excluding carboxylic acids is 1. The van der Waals surface area contributed by atoms with Gasteiger partial charge in [-0.15, -0.1) is 23.7 Å². The topological polar surface area (TPSA) is 32.3 Å². The third-order valence-corrected chi connectivity index (χ3v) is 6.05. The van der Waals surface area contributed by atoms with Crippen LogP contribution >= 0.6 is 23.7 Å². The van der Waals surface area contributed by atoms with Crippen molar-refractivity contribution < 1.29 is 4.79 Å². The summed E-state index contributed by atoms with van der Waals surface area (Å²) < 4.78 is 0. The van der Waals surface area contributed by atoms with Crippen LogP contribution in [0, 0.1) is 11.8 Å². The molecule has 1 aromatic heterocycles. The number of thiophene rings is 1. The summed E-state index contributed by atoms with van der Waals surface area (Å²) in [5.41, 5.74) is 0. The lowest BCUT2D eigenvalue weighted by Gasteiger charge is -2.30. The first-order valence-electron chi connectivity index (χ1n) is 8.29. The monoisotopic (exact) mass is 342 g/mol. The molecule has 2 aliphatic rings. The van der Waals surface area contributed by atoms with Crippen molar-refractivity contribution >= 4 is 29.7 Å². The van der Waals surface area contributed by atoms with E-state index in [0.717, 1.165) is 32.5 Å². The maximum absolute atomic E-state index is 12.7. The van der Waals surface area contributed by atoms with Gasteiger partial charge >= 0.3 is 0 Å². The predicted octanol–water partition coefficient (Wildman–Crippen LogP) is 3.86. The molecule has 2 fully saturated rings. The first kappa shape index (κ1) is 17.8. The number of halogens is 1. The highest BCUT2D eigenvalue weighted by atomic mass is 35.5. The summed E-state index contributed by atoms with van der Waals surface area (Å²) in [5, 5.41) is 5.58. The zero-order valence-electron chi connectivity index (χ0n) is 13.3. The van der Waals surface area contributed by atoms with E-state index in [0.29, 0.717) is 30.2 Å². The van der Waals surface area contributed by atoms with E-state index in [4.69, 9.17) is 0 Å². The van der Waals surface area contributed by atoms with E-state index < -0.39 is 0 Å². The maximum Gasteiger partial charge on any atom is 0.223 e. The number of hydrogen-bond donors (Lipinski definition) is 1. The summed E-state index contributed by atoms with van der Waals surface area (Å²) in [6.45, 7) is 5.43. The minimum absolute atomic E-state index is 0. The second-order valence-electron chi connectivity index (χ2n) is 6.55. The molecule has 0 saturated carbocycles. The average Bonchev–Trinajstić information content (AvgIpc) is 3.18.